The molecule has 6 heteroatoms. The number of fused-ring (bicyclic) bond motifs is 1. The van der Waals surface area contributed by atoms with E-state index in [1.54, 1.807) is 0 Å². The minimum atomic E-state index is -0.494. The lowest BCUT2D eigenvalue weighted by Crippen LogP contribution is -2.32. The Morgan fingerprint density at radius 3 is 2.67 bits per heavy atom. The number of alkyl carbamates (subject to hydrolysis) is 1. The van der Waals surface area contributed by atoms with Crippen molar-refractivity contribution in [2.45, 2.75) is 46.8 Å². The summed E-state index contributed by atoms with van der Waals surface area (Å²) in [5.74, 6) is 0.474. The van der Waals surface area contributed by atoms with Gasteiger partial charge in [-0.15, -0.1) is 0 Å². The molecule has 0 saturated carbocycles. The van der Waals surface area contributed by atoms with Crippen LogP contribution in [0.3, 0.4) is 0 Å². The molecular weight excluding hydrogens is 268 g/mol. The number of amides is 1. The van der Waals surface area contributed by atoms with Crippen LogP contribution in [0.25, 0.3) is 10.9 Å². The van der Waals surface area contributed by atoms with Gasteiger partial charge in [0.1, 0.15) is 5.60 Å². The summed E-state index contributed by atoms with van der Waals surface area (Å²) in [7, 11) is 0. The van der Waals surface area contributed by atoms with E-state index in [1.807, 2.05) is 52.8 Å². The van der Waals surface area contributed by atoms with Crippen LogP contribution < -0.4 is 11.1 Å². The number of carbonyl (C=O) groups excluding carboxylic acids is 1. The molecule has 0 aliphatic carbocycles. The average molecular weight is 292 g/mol. The molecule has 0 saturated heterocycles. The number of nitrogens with zero attached hydrogens (tertiary/aromatic N) is 1. The third-order valence-corrected chi connectivity index (χ3v) is 2.49. The van der Waals surface area contributed by atoms with E-state index in [0.717, 1.165) is 16.5 Å². The van der Waals surface area contributed by atoms with Crippen molar-refractivity contribution in [3.05, 3.63) is 23.8 Å². The molecule has 1 heterocycles. The number of carbonyl (C=O) groups is 1. The predicted octanol–water partition coefficient (Wildman–Crippen LogP) is 3.20. The Morgan fingerprint density at radius 2 is 2.05 bits per heavy atom. The lowest BCUT2D eigenvalue weighted by Gasteiger charge is -2.19. The van der Waals surface area contributed by atoms with Crippen molar-refractivity contribution in [2.24, 2.45) is 0 Å². The number of hydrogen-bond acceptors (Lipinski definition) is 4. The van der Waals surface area contributed by atoms with Crippen LogP contribution in [0.5, 0.6) is 0 Å². The Bertz CT molecular complexity index is 599. The summed E-state index contributed by atoms with van der Waals surface area (Å²) in [5, 5.41) is 10.3. The molecule has 0 aliphatic heterocycles. The molecule has 0 aliphatic rings. The molecule has 21 heavy (non-hydrogen) atoms. The summed E-state index contributed by atoms with van der Waals surface area (Å²) < 4.78 is 5.16. The first kappa shape index (κ1) is 16.8. The third kappa shape index (κ3) is 4.98. The molecule has 4 N–H and O–H groups in total. The van der Waals surface area contributed by atoms with Gasteiger partial charge < -0.3 is 15.8 Å². The minimum absolute atomic E-state index is 0.393. The summed E-state index contributed by atoms with van der Waals surface area (Å²) in [6, 6.07) is 5.67. The number of aromatic nitrogens is 2. The molecule has 0 bridgehead atoms. The number of rotatable bonds is 2. The molecule has 2 rings (SSSR count). The van der Waals surface area contributed by atoms with E-state index in [9.17, 15) is 4.79 Å². The lowest BCUT2D eigenvalue weighted by atomic mass is 10.1. The fourth-order valence-electron chi connectivity index (χ4n) is 1.69. The first-order chi connectivity index (χ1) is 9.85. The highest BCUT2D eigenvalue weighted by molar-refractivity contribution is 5.88. The first-order valence-electron chi connectivity index (χ1n) is 7.04. The number of hydrogen-bond donors (Lipinski definition) is 3. The van der Waals surface area contributed by atoms with Crippen molar-refractivity contribution in [3.8, 4) is 0 Å². The van der Waals surface area contributed by atoms with E-state index in [1.165, 1.54) is 0 Å². The van der Waals surface area contributed by atoms with Crippen molar-refractivity contribution >= 4 is 22.8 Å². The van der Waals surface area contributed by atoms with Crippen LogP contribution in [-0.2, 0) is 11.3 Å². The highest BCUT2D eigenvalue weighted by Gasteiger charge is 2.15. The maximum atomic E-state index is 11.5. The molecule has 6 nitrogen and oxygen atoms in total. The summed E-state index contributed by atoms with van der Waals surface area (Å²) in [6.45, 7) is 9.87. The number of H-pyrrole nitrogens is 1. The van der Waals surface area contributed by atoms with Crippen molar-refractivity contribution < 1.29 is 9.53 Å². The lowest BCUT2D eigenvalue weighted by molar-refractivity contribution is 0.0523. The number of ether oxygens (including phenoxy) is 1. The van der Waals surface area contributed by atoms with Gasteiger partial charge in [0.15, 0.2) is 5.82 Å². The normalized spacial score (nSPS) is 10.7. The highest BCUT2D eigenvalue weighted by Crippen LogP contribution is 2.18. The van der Waals surface area contributed by atoms with Gasteiger partial charge >= 0.3 is 6.09 Å². The van der Waals surface area contributed by atoms with Gasteiger partial charge in [0.05, 0.1) is 5.52 Å². The standard InChI is InChI=1S/C13H18N4O2.C2H6/c1-13(2,3)19-12(18)15-7-8-4-5-9-10(6-8)16-17-11(9)14;1-2/h4-6H,7H2,1-3H3,(H,15,18)(H3,14,16,17);1-2H3. The van der Waals surface area contributed by atoms with E-state index in [2.05, 4.69) is 15.5 Å². The second-order valence-corrected chi connectivity index (χ2v) is 5.34. The average Bonchev–Trinajstić information content (AvgIpc) is 2.78. The topological polar surface area (TPSA) is 93.0 Å². The van der Waals surface area contributed by atoms with Crippen LogP contribution in [0.4, 0.5) is 10.6 Å². The Labute approximate surface area is 125 Å². The summed E-state index contributed by atoms with van der Waals surface area (Å²) >= 11 is 0. The second-order valence-electron chi connectivity index (χ2n) is 5.34. The molecule has 1 amide bonds. The molecule has 0 fully saturated rings. The van der Waals surface area contributed by atoms with E-state index >= 15 is 0 Å². The molecule has 0 unspecified atom stereocenters. The molecule has 0 radical (unpaired) electrons. The SMILES string of the molecule is CC.CC(C)(C)OC(=O)NCc1ccc2c(N)n[nH]c2c1. The number of aromatic amines is 1. The van der Waals surface area contributed by atoms with Gasteiger partial charge in [-0.25, -0.2) is 4.79 Å². The largest absolute Gasteiger partial charge is 0.444 e. The van der Waals surface area contributed by atoms with Crippen molar-refractivity contribution in [2.75, 3.05) is 5.73 Å². The molecule has 0 atom stereocenters. The zero-order valence-electron chi connectivity index (χ0n) is 13.3. The van der Waals surface area contributed by atoms with E-state index in [4.69, 9.17) is 10.5 Å². The third-order valence-electron chi connectivity index (χ3n) is 2.49. The second kappa shape index (κ2) is 6.97. The van der Waals surface area contributed by atoms with Gasteiger partial charge in [0.2, 0.25) is 0 Å². The quantitative estimate of drug-likeness (QED) is 0.792. The maximum Gasteiger partial charge on any atom is 0.407 e. The predicted molar refractivity (Wildman–Crippen MR) is 84.9 cm³/mol. The summed E-state index contributed by atoms with van der Waals surface area (Å²) in [4.78, 5) is 11.5. The molecule has 0 spiro atoms. The summed E-state index contributed by atoms with van der Waals surface area (Å²) in [5.41, 5.74) is 6.99. The Hall–Kier alpha value is -2.24. The van der Waals surface area contributed by atoms with Crippen LogP contribution in [0.2, 0.25) is 0 Å². The van der Waals surface area contributed by atoms with Crippen LogP contribution >= 0.6 is 0 Å². The van der Waals surface area contributed by atoms with Crippen LogP contribution in [0.15, 0.2) is 18.2 Å². The Balaban J connectivity index is 0.00000106. The fourth-order valence-corrected chi connectivity index (χ4v) is 1.69. The van der Waals surface area contributed by atoms with Gasteiger partial charge in [-0.2, -0.15) is 5.10 Å². The Morgan fingerprint density at radius 1 is 1.38 bits per heavy atom. The van der Waals surface area contributed by atoms with E-state index in [-0.39, 0.29) is 0 Å². The van der Waals surface area contributed by atoms with Crippen LogP contribution in [0.1, 0.15) is 40.2 Å². The first-order valence-corrected chi connectivity index (χ1v) is 7.04. The molecule has 1 aromatic carbocycles. The minimum Gasteiger partial charge on any atom is -0.444 e. The zero-order valence-corrected chi connectivity index (χ0v) is 13.3. The monoisotopic (exact) mass is 292 g/mol. The zero-order chi connectivity index (χ0) is 16.0. The van der Waals surface area contributed by atoms with E-state index in [0.29, 0.717) is 12.4 Å². The molecule has 116 valence electrons. The van der Waals surface area contributed by atoms with E-state index < -0.39 is 11.7 Å². The van der Waals surface area contributed by atoms with Crippen molar-refractivity contribution in [1.82, 2.24) is 15.5 Å². The molecule has 2 aromatic rings. The van der Waals surface area contributed by atoms with Crippen molar-refractivity contribution in [1.29, 1.82) is 0 Å². The maximum absolute atomic E-state index is 11.5. The number of benzene rings is 1. The van der Waals surface area contributed by atoms with Gasteiger partial charge in [-0.05, 0) is 38.5 Å². The Kier molecular flexibility index (Phi) is 5.58. The number of anilines is 1. The smallest absolute Gasteiger partial charge is 0.407 e. The number of nitrogens with one attached hydrogen (secondary N) is 2. The summed E-state index contributed by atoms with van der Waals surface area (Å²) in [6.07, 6.45) is -0.434. The van der Waals surface area contributed by atoms with Gasteiger partial charge in [-0.3, -0.25) is 5.10 Å². The highest BCUT2D eigenvalue weighted by atomic mass is 16.6. The van der Waals surface area contributed by atoms with Crippen molar-refractivity contribution in [3.63, 3.8) is 0 Å². The molecular formula is C15H24N4O2. The van der Waals surface area contributed by atoms with Gasteiger partial charge in [0, 0.05) is 11.9 Å². The number of nitrogen functional groups attached to an aromatic ring is 1. The van der Waals surface area contributed by atoms with Crippen LogP contribution in [-0.4, -0.2) is 21.9 Å². The van der Waals surface area contributed by atoms with Gasteiger partial charge in [0.25, 0.3) is 0 Å². The number of nitrogens with two attached hydrogens (primary N) is 1. The van der Waals surface area contributed by atoms with Crippen LogP contribution in [0, 0.1) is 0 Å². The molecule has 1 aromatic heterocycles. The fraction of sp³-hybridized carbons (Fsp3) is 0.467. The van der Waals surface area contributed by atoms with Gasteiger partial charge in [-0.1, -0.05) is 19.9 Å².